The zero-order valence-corrected chi connectivity index (χ0v) is 16.1. The van der Waals surface area contributed by atoms with Gasteiger partial charge in [0.2, 0.25) is 0 Å². The van der Waals surface area contributed by atoms with Crippen molar-refractivity contribution in [3.05, 3.63) is 96.6 Å². The third-order valence-electron chi connectivity index (χ3n) is 4.19. The van der Waals surface area contributed by atoms with E-state index >= 15 is 0 Å². The second-order valence-corrected chi connectivity index (χ2v) is 6.54. The SMILES string of the molecule is CC(C=Cc1ccc(N(C)C)cc1)=NN(c1ccccc1)c1ccccc1. The van der Waals surface area contributed by atoms with Crippen molar-refractivity contribution in [3.8, 4) is 0 Å². The minimum Gasteiger partial charge on any atom is -0.378 e. The number of allylic oxidation sites excluding steroid dienone is 1. The molecule has 0 radical (unpaired) electrons. The summed E-state index contributed by atoms with van der Waals surface area (Å²) < 4.78 is 0. The number of anilines is 3. The largest absolute Gasteiger partial charge is 0.378 e. The summed E-state index contributed by atoms with van der Waals surface area (Å²) in [5.74, 6) is 0. The monoisotopic (exact) mass is 355 g/mol. The van der Waals surface area contributed by atoms with Crippen molar-refractivity contribution >= 4 is 28.8 Å². The summed E-state index contributed by atoms with van der Waals surface area (Å²) >= 11 is 0. The molecule has 0 aliphatic rings. The summed E-state index contributed by atoms with van der Waals surface area (Å²) in [7, 11) is 4.09. The van der Waals surface area contributed by atoms with Crippen molar-refractivity contribution in [2.75, 3.05) is 24.0 Å². The first kappa shape index (κ1) is 18.5. The number of hydrogen-bond donors (Lipinski definition) is 0. The van der Waals surface area contributed by atoms with Gasteiger partial charge in [0.15, 0.2) is 0 Å². The van der Waals surface area contributed by atoms with Crippen LogP contribution >= 0.6 is 0 Å². The molecule has 0 N–H and O–H groups in total. The van der Waals surface area contributed by atoms with Crippen LogP contribution in [0.5, 0.6) is 0 Å². The molecule has 0 aliphatic heterocycles. The van der Waals surface area contributed by atoms with E-state index in [1.54, 1.807) is 0 Å². The smallest absolute Gasteiger partial charge is 0.0652 e. The van der Waals surface area contributed by atoms with Crippen molar-refractivity contribution in [2.45, 2.75) is 6.92 Å². The molecule has 136 valence electrons. The Balaban J connectivity index is 1.84. The molecule has 3 nitrogen and oxygen atoms in total. The van der Waals surface area contributed by atoms with Crippen molar-refractivity contribution in [1.29, 1.82) is 0 Å². The average molecular weight is 355 g/mol. The van der Waals surface area contributed by atoms with Crippen LogP contribution in [0.3, 0.4) is 0 Å². The van der Waals surface area contributed by atoms with Gasteiger partial charge in [0.1, 0.15) is 0 Å². The van der Waals surface area contributed by atoms with Crippen LogP contribution in [0.25, 0.3) is 6.08 Å². The lowest BCUT2D eigenvalue weighted by Crippen LogP contribution is -2.11. The van der Waals surface area contributed by atoms with E-state index in [2.05, 4.69) is 59.5 Å². The molecule has 0 saturated heterocycles. The van der Waals surface area contributed by atoms with Gasteiger partial charge in [0.05, 0.1) is 17.1 Å². The maximum absolute atomic E-state index is 4.83. The van der Waals surface area contributed by atoms with Crippen LogP contribution < -0.4 is 9.91 Å². The zero-order valence-electron chi connectivity index (χ0n) is 16.1. The summed E-state index contributed by atoms with van der Waals surface area (Å²) in [4.78, 5) is 2.10. The third-order valence-corrected chi connectivity index (χ3v) is 4.19. The van der Waals surface area contributed by atoms with Crippen molar-refractivity contribution in [3.63, 3.8) is 0 Å². The van der Waals surface area contributed by atoms with Gasteiger partial charge in [-0.15, -0.1) is 0 Å². The van der Waals surface area contributed by atoms with E-state index < -0.39 is 0 Å². The fraction of sp³-hybridized carbons (Fsp3) is 0.125. The molecule has 27 heavy (non-hydrogen) atoms. The van der Waals surface area contributed by atoms with Gasteiger partial charge in [-0.05, 0) is 55.0 Å². The lowest BCUT2D eigenvalue weighted by Gasteiger charge is -2.20. The molecule has 3 rings (SSSR count). The highest BCUT2D eigenvalue weighted by molar-refractivity contribution is 5.97. The Morgan fingerprint density at radius 2 is 1.22 bits per heavy atom. The van der Waals surface area contributed by atoms with Crippen LogP contribution in [-0.2, 0) is 0 Å². The van der Waals surface area contributed by atoms with Crippen LogP contribution in [0.1, 0.15) is 12.5 Å². The summed E-state index contributed by atoms with van der Waals surface area (Å²) in [6.07, 6.45) is 4.13. The lowest BCUT2D eigenvalue weighted by molar-refractivity contribution is 1.08. The van der Waals surface area contributed by atoms with Gasteiger partial charge < -0.3 is 4.90 Å². The van der Waals surface area contributed by atoms with Crippen molar-refractivity contribution in [1.82, 2.24) is 0 Å². The number of hydrogen-bond acceptors (Lipinski definition) is 3. The second-order valence-electron chi connectivity index (χ2n) is 6.54. The van der Waals surface area contributed by atoms with E-state index in [-0.39, 0.29) is 0 Å². The molecule has 3 aromatic carbocycles. The molecule has 0 aliphatic carbocycles. The number of para-hydroxylation sites is 2. The fourth-order valence-electron chi connectivity index (χ4n) is 2.69. The second kappa shape index (κ2) is 8.86. The molecule has 0 heterocycles. The van der Waals surface area contributed by atoms with Crippen LogP contribution in [0.4, 0.5) is 17.1 Å². The van der Waals surface area contributed by atoms with Gasteiger partial charge >= 0.3 is 0 Å². The molecule has 0 atom stereocenters. The first-order valence-electron chi connectivity index (χ1n) is 9.04. The Kier molecular flexibility index (Phi) is 6.06. The van der Waals surface area contributed by atoms with E-state index in [9.17, 15) is 0 Å². The summed E-state index contributed by atoms with van der Waals surface area (Å²) in [6, 6.07) is 28.9. The zero-order chi connectivity index (χ0) is 19.1. The molecule has 0 aromatic heterocycles. The van der Waals surface area contributed by atoms with Crippen LogP contribution in [0.2, 0.25) is 0 Å². The van der Waals surface area contributed by atoms with Crippen LogP contribution in [-0.4, -0.2) is 19.8 Å². The Morgan fingerprint density at radius 3 is 1.70 bits per heavy atom. The molecule has 0 fully saturated rings. The minimum absolute atomic E-state index is 0.930. The fourth-order valence-corrected chi connectivity index (χ4v) is 2.69. The van der Waals surface area contributed by atoms with Gasteiger partial charge in [-0.1, -0.05) is 54.6 Å². The summed E-state index contributed by atoms with van der Waals surface area (Å²) in [5.41, 5.74) is 5.34. The Labute approximate surface area is 161 Å². The highest BCUT2D eigenvalue weighted by Crippen LogP contribution is 2.25. The van der Waals surface area contributed by atoms with Gasteiger partial charge in [0.25, 0.3) is 0 Å². The molecule has 0 amide bonds. The first-order valence-corrected chi connectivity index (χ1v) is 9.04. The van der Waals surface area contributed by atoms with Gasteiger partial charge in [-0.2, -0.15) is 5.10 Å². The maximum atomic E-state index is 4.83. The van der Waals surface area contributed by atoms with E-state index in [1.165, 1.54) is 5.69 Å². The predicted molar refractivity (Wildman–Crippen MR) is 118 cm³/mol. The molecule has 0 spiro atoms. The Hall–Kier alpha value is -3.33. The maximum Gasteiger partial charge on any atom is 0.0652 e. The minimum atomic E-state index is 0.930. The van der Waals surface area contributed by atoms with Gasteiger partial charge in [0, 0.05) is 19.8 Å². The Morgan fingerprint density at radius 1 is 0.704 bits per heavy atom. The van der Waals surface area contributed by atoms with Gasteiger partial charge in [-0.25, -0.2) is 5.01 Å². The van der Waals surface area contributed by atoms with Crippen molar-refractivity contribution in [2.24, 2.45) is 5.10 Å². The Bertz CT molecular complexity index is 856. The van der Waals surface area contributed by atoms with Crippen LogP contribution in [0.15, 0.2) is 96.1 Å². The molecule has 0 unspecified atom stereocenters. The first-order chi connectivity index (χ1) is 13.1. The quantitative estimate of drug-likeness (QED) is 0.400. The average Bonchev–Trinajstić information content (AvgIpc) is 2.72. The molecule has 3 heteroatoms. The number of hydrazone groups is 1. The van der Waals surface area contributed by atoms with Crippen LogP contribution in [0, 0.1) is 0 Å². The molecule has 3 aromatic rings. The predicted octanol–water partition coefficient (Wildman–Crippen LogP) is 5.98. The van der Waals surface area contributed by atoms with E-state index in [0.717, 1.165) is 22.6 Å². The van der Waals surface area contributed by atoms with Gasteiger partial charge in [-0.3, -0.25) is 0 Å². The number of rotatable bonds is 6. The topological polar surface area (TPSA) is 18.8 Å². The normalized spacial score (nSPS) is 11.6. The van der Waals surface area contributed by atoms with Crippen molar-refractivity contribution < 1.29 is 0 Å². The lowest BCUT2D eigenvalue weighted by atomic mass is 10.1. The van der Waals surface area contributed by atoms with E-state index in [1.807, 2.05) is 68.5 Å². The van der Waals surface area contributed by atoms with E-state index in [4.69, 9.17) is 5.10 Å². The highest BCUT2D eigenvalue weighted by Gasteiger charge is 2.07. The molecular formula is C24H25N3. The number of nitrogens with zero attached hydrogens (tertiary/aromatic N) is 3. The summed E-state index contributed by atoms with van der Waals surface area (Å²) in [6.45, 7) is 2.02. The molecule has 0 bridgehead atoms. The molecular weight excluding hydrogens is 330 g/mol. The van der Waals surface area contributed by atoms with E-state index in [0.29, 0.717) is 0 Å². The molecule has 0 saturated carbocycles. The number of benzene rings is 3. The summed E-state index contributed by atoms with van der Waals surface area (Å²) in [5, 5.41) is 6.80. The standard InChI is InChI=1S/C24H25N3/c1-20(14-15-21-16-18-22(19-17-21)26(2)3)25-27(23-10-6-4-7-11-23)24-12-8-5-9-13-24/h4-19H,1-3H3. The third kappa shape index (κ3) is 5.08. The highest BCUT2D eigenvalue weighted by atomic mass is 15.5.